The number of anilines is 5. The molecular formula is C23H28N6O. The molecule has 1 aliphatic rings. The van der Waals surface area contributed by atoms with Gasteiger partial charge in [-0.2, -0.15) is 15.0 Å². The molecule has 1 fully saturated rings. The smallest absolute Gasteiger partial charge is 0.233 e. The maximum Gasteiger partial charge on any atom is 0.233 e. The highest BCUT2D eigenvalue weighted by atomic mass is 16.5. The maximum atomic E-state index is 5.52. The third kappa shape index (κ3) is 4.79. The number of hydrogen-bond donors (Lipinski definition) is 2. The van der Waals surface area contributed by atoms with E-state index in [2.05, 4.69) is 56.5 Å². The first-order valence-corrected chi connectivity index (χ1v) is 10.5. The van der Waals surface area contributed by atoms with E-state index in [9.17, 15) is 0 Å². The molecule has 2 heterocycles. The molecule has 3 aromatic rings. The second-order valence-corrected chi connectivity index (χ2v) is 7.48. The Morgan fingerprint density at radius 3 is 2.10 bits per heavy atom. The minimum absolute atomic E-state index is 0.516. The van der Waals surface area contributed by atoms with Gasteiger partial charge in [0, 0.05) is 24.5 Å². The summed E-state index contributed by atoms with van der Waals surface area (Å²) in [6, 6.07) is 14.0. The average molecular weight is 405 g/mol. The third-order valence-corrected chi connectivity index (χ3v) is 5.20. The van der Waals surface area contributed by atoms with Crippen molar-refractivity contribution in [3.63, 3.8) is 0 Å². The highest BCUT2D eigenvalue weighted by Gasteiger charge is 2.18. The van der Waals surface area contributed by atoms with Gasteiger partial charge in [0.1, 0.15) is 5.75 Å². The van der Waals surface area contributed by atoms with Gasteiger partial charge in [0.25, 0.3) is 0 Å². The van der Waals surface area contributed by atoms with Crippen molar-refractivity contribution in [2.24, 2.45) is 0 Å². The molecule has 7 heteroatoms. The van der Waals surface area contributed by atoms with E-state index in [1.54, 1.807) is 0 Å². The largest absolute Gasteiger partial charge is 0.494 e. The van der Waals surface area contributed by atoms with Crippen LogP contribution in [0.15, 0.2) is 42.5 Å². The summed E-state index contributed by atoms with van der Waals surface area (Å²) < 4.78 is 5.52. The predicted molar refractivity (Wildman–Crippen MR) is 121 cm³/mol. The zero-order valence-corrected chi connectivity index (χ0v) is 17.8. The third-order valence-electron chi connectivity index (χ3n) is 5.20. The SMILES string of the molecule is CCOc1ccc(Nc2nc(Nc3ccc(C)c(C)c3)nc(N3CCCC3)n2)cc1. The number of aryl methyl sites for hydroxylation is 2. The van der Waals surface area contributed by atoms with E-state index in [1.807, 2.05) is 37.3 Å². The molecule has 0 unspecified atom stereocenters. The standard InChI is InChI=1S/C23H28N6O/c1-4-30-20-11-9-18(10-12-20)24-21-26-22(25-19-8-7-16(2)17(3)15-19)28-23(27-21)29-13-5-6-14-29/h7-12,15H,4-6,13-14H2,1-3H3,(H2,24,25,26,27,28). The quantitative estimate of drug-likeness (QED) is 0.575. The topological polar surface area (TPSA) is 75.2 Å². The van der Waals surface area contributed by atoms with Gasteiger partial charge in [-0.25, -0.2) is 0 Å². The van der Waals surface area contributed by atoms with Crippen LogP contribution in [0.5, 0.6) is 5.75 Å². The molecule has 2 aromatic carbocycles. The first-order chi connectivity index (χ1) is 14.6. The fourth-order valence-corrected chi connectivity index (χ4v) is 3.41. The summed E-state index contributed by atoms with van der Waals surface area (Å²) in [6.45, 7) is 8.76. The van der Waals surface area contributed by atoms with Crippen LogP contribution in [0.2, 0.25) is 0 Å². The summed E-state index contributed by atoms with van der Waals surface area (Å²) in [4.78, 5) is 16.1. The first kappa shape index (κ1) is 19.9. The molecule has 30 heavy (non-hydrogen) atoms. The summed E-state index contributed by atoms with van der Waals surface area (Å²) in [5.74, 6) is 2.59. The lowest BCUT2D eigenvalue weighted by atomic mass is 10.1. The Hall–Kier alpha value is -3.35. The lowest BCUT2D eigenvalue weighted by molar-refractivity contribution is 0.340. The fraction of sp³-hybridized carbons (Fsp3) is 0.348. The minimum atomic E-state index is 0.516. The summed E-state index contributed by atoms with van der Waals surface area (Å²) in [6.07, 6.45) is 2.32. The lowest BCUT2D eigenvalue weighted by Crippen LogP contribution is -2.21. The second-order valence-electron chi connectivity index (χ2n) is 7.48. The molecule has 0 aliphatic carbocycles. The van der Waals surface area contributed by atoms with Crippen molar-refractivity contribution in [1.82, 2.24) is 15.0 Å². The molecular weight excluding hydrogens is 376 g/mol. The zero-order valence-electron chi connectivity index (χ0n) is 17.8. The van der Waals surface area contributed by atoms with Crippen LogP contribution in [0.1, 0.15) is 30.9 Å². The van der Waals surface area contributed by atoms with Crippen LogP contribution in [-0.4, -0.2) is 34.6 Å². The number of aromatic nitrogens is 3. The summed E-state index contributed by atoms with van der Waals surface area (Å²) in [7, 11) is 0. The van der Waals surface area contributed by atoms with Crippen molar-refractivity contribution in [3.8, 4) is 5.75 Å². The van der Waals surface area contributed by atoms with Gasteiger partial charge in [0.15, 0.2) is 0 Å². The van der Waals surface area contributed by atoms with Gasteiger partial charge in [0.05, 0.1) is 6.61 Å². The van der Waals surface area contributed by atoms with Crippen LogP contribution in [-0.2, 0) is 0 Å². The van der Waals surface area contributed by atoms with Crippen molar-refractivity contribution in [1.29, 1.82) is 0 Å². The minimum Gasteiger partial charge on any atom is -0.494 e. The number of ether oxygens (including phenoxy) is 1. The van der Waals surface area contributed by atoms with Crippen molar-refractivity contribution < 1.29 is 4.74 Å². The average Bonchev–Trinajstić information content (AvgIpc) is 3.27. The van der Waals surface area contributed by atoms with Crippen LogP contribution in [0.3, 0.4) is 0 Å². The highest BCUT2D eigenvalue weighted by Crippen LogP contribution is 2.24. The molecule has 4 rings (SSSR count). The Kier molecular flexibility index (Phi) is 5.97. The van der Waals surface area contributed by atoms with E-state index in [1.165, 1.54) is 11.1 Å². The second kappa shape index (κ2) is 8.98. The van der Waals surface area contributed by atoms with Crippen molar-refractivity contribution in [2.45, 2.75) is 33.6 Å². The summed E-state index contributed by atoms with van der Waals surface area (Å²) in [5.41, 5.74) is 4.34. The first-order valence-electron chi connectivity index (χ1n) is 10.5. The number of nitrogens with one attached hydrogen (secondary N) is 2. The molecule has 0 amide bonds. The Balaban J connectivity index is 1.60. The fourth-order valence-electron chi connectivity index (χ4n) is 3.41. The van der Waals surface area contributed by atoms with E-state index in [0.29, 0.717) is 24.5 Å². The van der Waals surface area contributed by atoms with Gasteiger partial charge in [-0.15, -0.1) is 0 Å². The predicted octanol–water partition coefficient (Wildman–Crippen LogP) is 4.97. The Labute approximate surface area is 177 Å². The van der Waals surface area contributed by atoms with Gasteiger partial charge in [0.2, 0.25) is 17.8 Å². The summed E-state index contributed by atoms with van der Waals surface area (Å²) >= 11 is 0. The summed E-state index contributed by atoms with van der Waals surface area (Å²) in [5, 5.41) is 6.64. The molecule has 7 nitrogen and oxygen atoms in total. The normalized spacial score (nSPS) is 13.4. The van der Waals surface area contributed by atoms with Crippen LogP contribution >= 0.6 is 0 Å². The van der Waals surface area contributed by atoms with Crippen molar-refractivity contribution >= 4 is 29.2 Å². The van der Waals surface area contributed by atoms with Crippen LogP contribution in [0.25, 0.3) is 0 Å². The lowest BCUT2D eigenvalue weighted by Gasteiger charge is -2.17. The molecule has 0 atom stereocenters. The molecule has 0 radical (unpaired) electrons. The van der Waals surface area contributed by atoms with Crippen LogP contribution in [0, 0.1) is 13.8 Å². The number of rotatable bonds is 7. The van der Waals surface area contributed by atoms with Gasteiger partial charge >= 0.3 is 0 Å². The van der Waals surface area contributed by atoms with Crippen molar-refractivity contribution in [2.75, 3.05) is 35.2 Å². The van der Waals surface area contributed by atoms with Crippen molar-refractivity contribution in [3.05, 3.63) is 53.6 Å². The van der Waals surface area contributed by atoms with Crippen LogP contribution in [0.4, 0.5) is 29.2 Å². The van der Waals surface area contributed by atoms with E-state index in [0.717, 1.165) is 43.1 Å². The zero-order chi connectivity index (χ0) is 20.9. The number of hydrogen-bond acceptors (Lipinski definition) is 7. The molecule has 1 aromatic heterocycles. The molecule has 1 aliphatic heterocycles. The van der Waals surface area contributed by atoms with Gasteiger partial charge < -0.3 is 20.3 Å². The Bertz CT molecular complexity index is 999. The van der Waals surface area contributed by atoms with E-state index < -0.39 is 0 Å². The number of benzene rings is 2. The molecule has 1 saturated heterocycles. The Morgan fingerprint density at radius 1 is 0.833 bits per heavy atom. The molecule has 0 bridgehead atoms. The van der Waals surface area contributed by atoms with Gasteiger partial charge in [-0.1, -0.05) is 6.07 Å². The van der Waals surface area contributed by atoms with Crippen LogP contribution < -0.4 is 20.3 Å². The highest BCUT2D eigenvalue weighted by molar-refractivity contribution is 5.61. The Morgan fingerprint density at radius 2 is 1.47 bits per heavy atom. The molecule has 156 valence electrons. The van der Waals surface area contributed by atoms with Gasteiger partial charge in [-0.05, 0) is 81.1 Å². The van der Waals surface area contributed by atoms with E-state index in [-0.39, 0.29) is 0 Å². The maximum absolute atomic E-state index is 5.52. The number of nitrogens with zero attached hydrogens (tertiary/aromatic N) is 4. The monoisotopic (exact) mass is 404 g/mol. The van der Waals surface area contributed by atoms with E-state index >= 15 is 0 Å². The van der Waals surface area contributed by atoms with E-state index in [4.69, 9.17) is 4.74 Å². The molecule has 0 saturated carbocycles. The van der Waals surface area contributed by atoms with Gasteiger partial charge in [-0.3, -0.25) is 0 Å². The molecule has 0 spiro atoms. The molecule has 2 N–H and O–H groups in total.